The molecule has 0 fully saturated rings. The van der Waals surface area contributed by atoms with Crippen molar-refractivity contribution in [2.45, 2.75) is 39.5 Å². The third kappa shape index (κ3) is 3.53. The van der Waals surface area contributed by atoms with Crippen molar-refractivity contribution in [3.63, 3.8) is 0 Å². The Labute approximate surface area is 158 Å². The van der Waals surface area contributed by atoms with Crippen LogP contribution in [-0.4, -0.2) is 9.78 Å². The summed E-state index contributed by atoms with van der Waals surface area (Å²) in [6.07, 6.45) is 1.87. The van der Waals surface area contributed by atoms with Crippen LogP contribution in [0.3, 0.4) is 0 Å². The Hall–Kier alpha value is -1.70. The number of aromatic nitrogens is 2. The summed E-state index contributed by atoms with van der Waals surface area (Å²) < 4.78 is 1.99. The van der Waals surface area contributed by atoms with Crippen LogP contribution in [0, 0.1) is 6.07 Å². The van der Waals surface area contributed by atoms with Crippen molar-refractivity contribution in [3.8, 4) is 16.9 Å². The van der Waals surface area contributed by atoms with Crippen LogP contribution in [0.5, 0.6) is 0 Å². The maximum absolute atomic E-state index is 4.55. The van der Waals surface area contributed by atoms with Gasteiger partial charge in [-0.25, -0.2) is 0 Å². The van der Waals surface area contributed by atoms with Crippen LogP contribution >= 0.6 is 0 Å². The van der Waals surface area contributed by atoms with E-state index in [1.807, 2.05) is 35.1 Å². The van der Waals surface area contributed by atoms with Crippen LogP contribution in [0.1, 0.15) is 50.7 Å². The molecule has 1 heterocycles. The minimum atomic E-state index is 0. The monoisotopic (exact) mass is 496 g/mol. The van der Waals surface area contributed by atoms with Crippen LogP contribution in [0.15, 0.2) is 54.7 Å². The molecule has 1 aromatic heterocycles. The fourth-order valence-electron chi connectivity index (χ4n) is 3.05. The van der Waals surface area contributed by atoms with Crippen molar-refractivity contribution in [2.24, 2.45) is 0 Å². The molecule has 0 bridgehead atoms. The standard InChI is InChI=1S/C21H23N2.Ir/c1-15(2)18-11-8-12-19(16(3)4)21(18)20-13-14-22-23(20)17-9-6-5-7-10-17;/h5-9,11-16H,1-4H3;/q-1;. The van der Waals surface area contributed by atoms with Gasteiger partial charge in [-0.3, -0.25) is 4.68 Å². The number of hydrogen-bond acceptors (Lipinski definition) is 1. The van der Waals surface area contributed by atoms with E-state index in [1.54, 1.807) is 0 Å². The van der Waals surface area contributed by atoms with Gasteiger partial charge in [0.15, 0.2) is 0 Å². The van der Waals surface area contributed by atoms with Crippen molar-refractivity contribution >= 4 is 0 Å². The van der Waals surface area contributed by atoms with E-state index in [1.165, 1.54) is 16.7 Å². The summed E-state index contributed by atoms with van der Waals surface area (Å²) in [4.78, 5) is 0. The first-order valence-corrected chi connectivity index (χ1v) is 8.24. The number of benzene rings is 2. The first-order valence-electron chi connectivity index (χ1n) is 8.24. The predicted octanol–water partition coefficient (Wildman–Crippen LogP) is 5.58. The van der Waals surface area contributed by atoms with Gasteiger partial charge in [-0.15, -0.1) is 6.07 Å². The molecule has 3 heteroatoms. The predicted molar refractivity (Wildman–Crippen MR) is 96.0 cm³/mol. The molecule has 3 aromatic rings. The third-order valence-electron chi connectivity index (χ3n) is 4.19. The van der Waals surface area contributed by atoms with Crippen LogP contribution in [0.2, 0.25) is 0 Å². The molecule has 0 N–H and O–H groups in total. The maximum atomic E-state index is 4.55. The van der Waals surface area contributed by atoms with E-state index < -0.39 is 0 Å². The Bertz CT molecular complexity index is 762. The van der Waals surface area contributed by atoms with Gasteiger partial charge >= 0.3 is 0 Å². The quantitative estimate of drug-likeness (QED) is 0.432. The van der Waals surface area contributed by atoms with Gasteiger partial charge in [-0.1, -0.05) is 45.9 Å². The summed E-state index contributed by atoms with van der Waals surface area (Å²) >= 11 is 0. The minimum Gasteiger partial charge on any atom is -0.258 e. The van der Waals surface area contributed by atoms with Gasteiger partial charge in [0, 0.05) is 31.9 Å². The zero-order valence-electron chi connectivity index (χ0n) is 14.6. The molecule has 0 amide bonds. The van der Waals surface area contributed by atoms with E-state index in [4.69, 9.17) is 0 Å². The van der Waals surface area contributed by atoms with E-state index in [-0.39, 0.29) is 20.1 Å². The van der Waals surface area contributed by atoms with E-state index >= 15 is 0 Å². The van der Waals surface area contributed by atoms with Gasteiger partial charge in [0.1, 0.15) is 0 Å². The molecule has 0 aliphatic heterocycles. The Kier molecular flexibility index (Phi) is 6.15. The van der Waals surface area contributed by atoms with Crippen molar-refractivity contribution in [2.75, 3.05) is 0 Å². The molecular formula is C21H23IrN2-. The molecule has 1 radical (unpaired) electrons. The fourth-order valence-corrected chi connectivity index (χ4v) is 3.05. The van der Waals surface area contributed by atoms with Gasteiger partial charge in [-0.2, -0.15) is 29.4 Å². The molecule has 0 aliphatic carbocycles. The van der Waals surface area contributed by atoms with Crippen LogP contribution in [-0.2, 0) is 20.1 Å². The van der Waals surface area contributed by atoms with Gasteiger partial charge in [-0.05, 0) is 34.7 Å². The molecule has 0 spiro atoms. The zero-order chi connectivity index (χ0) is 16.4. The topological polar surface area (TPSA) is 17.8 Å². The molecule has 2 aromatic carbocycles. The smallest absolute Gasteiger partial charge is 0.0721 e. The van der Waals surface area contributed by atoms with Crippen molar-refractivity contribution in [3.05, 3.63) is 71.9 Å². The second kappa shape index (κ2) is 7.92. The van der Waals surface area contributed by atoms with Gasteiger partial charge in [0.2, 0.25) is 0 Å². The Morgan fingerprint density at radius 2 is 1.54 bits per heavy atom. The summed E-state index contributed by atoms with van der Waals surface area (Å²) in [7, 11) is 0. The summed E-state index contributed by atoms with van der Waals surface area (Å²) in [5.41, 5.74) is 6.16. The molecule has 0 unspecified atom stereocenters. The van der Waals surface area contributed by atoms with Crippen molar-refractivity contribution in [1.82, 2.24) is 9.78 Å². The molecule has 0 atom stereocenters. The average molecular weight is 496 g/mol. The molecule has 3 rings (SSSR count). The van der Waals surface area contributed by atoms with Gasteiger partial charge < -0.3 is 0 Å². The Balaban J connectivity index is 0.00000208. The zero-order valence-corrected chi connectivity index (χ0v) is 17.0. The number of hydrogen-bond donors (Lipinski definition) is 0. The Morgan fingerprint density at radius 1 is 0.875 bits per heavy atom. The van der Waals surface area contributed by atoms with E-state index in [0.717, 1.165) is 11.4 Å². The SMILES string of the molecule is CC(C)c1cccc(C(C)C)c1-c1ccnn1-c1[c-]cccc1.[Ir]. The maximum Gasteiger partial charge on any atom is 0.0721 e. The number of para-hydroxylation sites is 1. The number of rotatable bonds is 4. The summed E-state index contributed by atoms with van der Waals surface area (Å²) in [6, 6.07) is 20.0. The minimum absolute atomic E-state index is 0. The van der Waals surface area contributed by atoms with E-state index in [0.29, 0.717) is 11.8 Å². The first kappa shape index (κ1) is 18.6. The average Bonchev–Trinajstić information content (AvgIpc) is 3.04. The molecule has 2 nitrogen and oxygen atoms in total. The second-order valence-corrected chi connectivity index (χ2v) is 6.50. The molecule has 0 aliphatic rings. The van der Waals surface area contributed by atoms with Crippen molar-refractivity contribution in [1.29, 1.82) is 0 Å². The summed E-state index contributed by atoms with van der Waals surface area (Å²) in [6.45, 7) is 8.99. The third-order valence-corrected chi connectivity index (χ3v) is 4.19. The summed E-state index contributed by atoms with van der Waals surface area (Å²) in [5.74, 6) is 0.929. The Morgan fingerprint density at radius 3 is 2.08 bits per heavy atom. The molecule has 0 saturated carbocycles. The van der Waals surface area contributed by atoms with E-state index in [9.17, 15) is 0 Å². The number of nitrogens with zero attached hydrogens (tertiary/aromatic N) is 2. The fraction of sp³-hybridized carbons (Fsp3) is 0.286. The second-order valence-electron chi connectivity index (χ2n) is 6.50. The molecular weight excluding hydrogens is 472 g/mol. The van der Waals surface area contributed by atoms with E-state index in [2.05, 4.69) is 63.1 Å². The first-order chi connectivity index (χ1) is 11.1. The van der Waals surface area contributed by atoms with Crippen LogP contribution in [0.25, 0.3) is 16.9 Å². The molecule has 127 valence electrons. The van der Waals surface area contributed by atoms with Crippen molar-refractivity contribution < 1.29 is 20.1 Å². The molecule has 24 heavy (non-hydrogen) atoms. The normalized spacial score (nSPS) is 10.9. The summed E-state index contributed by atoms with van der Waals surface area (Å²) in [5, 5.41) is 4.55. The van der Waals surface area contributed by atoms with Crippen LogP contribution < -0.4 is 0 Å². The van der Waals surface area contributed by atoms with Crippen LogP contribution in [0.4, 0.5) is 0 Å². The van der Waals surface area contributed by atoms with Gasteiger partial charge in [0.05, 0.1) is 5.69 Å². The molecule has 0 saturated heterocycles. The largest absolute Gasteiger partial charge is 0.258 e. The van der Waals surface area contributed by atoms with Gasteiger partial charge in [0.25, 0.3) is 0 Å².